The second-order valence-electron chi connectivity index (χ2n) is 5.52. The summed E-state index contributed by atoms with van der Waals surface area (Å²) in [7, 11) is 1.29. The first-order valence-corrected chi connectivity index (χ1v) is 8.13. The van der Waals surface area contributed by atoms with Gasteiger partial charge >= 0.3 is 5.97 Å². The molecule has 0 spiro atoms. The highest BCUT2D eigenvalue weighted by molar-refractivity contribution is 6.06. The molecule has 3 aromatic rings. The van der Waals surface area contributed by atoms with Crippen molar-refractivity contribution < 1.29 is 19.1 Å². The first kappa shape index (κ1) is 18.1. The third-order valence-corrected chi connectivity index (χ3v) is 3.73. The van der Waals surface area contributed by atoms with Crippen LogP contribution in [-0.4, -0.2) is 40.2 Å². The lowest BCUT2D eigenvalue weighted by molar-refractivity contribution is -0.142. The molecule has 0 amide bonds. The SMILES string of the molecule is COC(=O)COc1ccc(C(=O)/C=C/c2ccc(-n3cncn3)cc2)cc1. The Balaban J connectivity index is 1.60. The summed E-state index contributed by atoms with van der Waals surface area (Å²) in [5.41, 5.74) is 2.31. The number of methoxy groups -OCH3 is 1. The van der Waals surface area contributed by atoms with Crippen molar-refractivity contribution in [1.29, 1.82) is 0 Å². The number of rotatable bonds is 7. The number of aromatic nitrogens is 3. The largest absolute Gasteiger partial charge is 0.482 e. The van der Waals surface area contributed by atoms with Gasteiger partial charge in [0.05, 0.1) is 12.8 Å². The summed E-state index contributed by atoms with van der Waals surface area (Å²) in [6.07, 6.45) is 6.34. The number of carbonyl (C=O) groups is 2. The maximum atomic E-state index is 12.3. The topological polar surface area (TPSA) is 83.3 Å². The van der Waals surface area contributed by atoms with Crippen molar-refractivity contribution in [2.45, 2.75) is 0 Å². The van der Waals surface area contributed by atoms with E-state index in [0.29, 0.717) is 11.3 Å². The fourth-order valence-corrected chi connectivity index (χ4v) is 2.26. The number of ketones is 1. The minimum absolute atomic E-state index is 0.130. The van der Waals surface area contributed by atoms with Crippen molar-refractivity contribution in [2.75, 3.05) is 13.7 Å². The molecule has 0 saturated carbocycles. The standard InChI is InChI=1S/C20H17N3O4/c1-26-20(25)12-27-18-9-5-16(6-10-18)19(24)11-4-15-2-7-17(8-3-15)23-14-21-13-22-23/h2-11,13-14H,12H2,1H3/b11-4+. The van der Waals surface area contributed by atoms with Gasteiger partial charge in [0, 0.05) is 5.56 Å². The fraction of sp³-hybridized carbons (Fsp3) is 0.100. The third-order valence-electron chi connectivity index (χ3n) is 3.73. The van der Waals surface area contributed by atoms with Crippen molar-refractivity contribution >= 4 is 17.8 Å². The number of nitrogens with zero attached hydrogens (tertiary/aromatic N) is 3. The molecule has 0 saturated heterocycles. The molecule has 1 heterocycles. The summed E-state index contributed by atoms with van der Waals surface area (Å²) >= 11 is 0. The lowest BCUT2D eigenvalue weighted by atomic mass is 10.1. The van der Waals surface area contributed by atoms with Crippen LogP contribution in [0.2, 0.25) is 0 Å². The van der Waals surface area contributed by atoms with Crippen molar-refractivity contribution in [3.63, 3.8) is 0 Å². The van der Waals surface area contributed by atoms with E-state index in [1.807, 2.05) is 24.3 Å². The lowest BCUT2D eigenvalue weighted by Gasteiger charge is -2.05. The molecule has 3 rings (SSSR count). The Kier molecular flexibility index (Phi) is 5.73. The van der Waals surface area contributed by atoms with Gasteiger partial charge in [-0.1, -0.05) is 18.2 Å². The van der Waals surface area contributed by atoms with Crippen LogP contribution in [0.5, 0.6) is 5.75 Å². The van der Waals surface area contributed by atoms with Gasteiger partial charge in [0.25, 0.3) is 0 Å². The van der Waals surface area contributed by atoms with Crippen LogP contribution in [0.1, 0.15) is 15.9 Å². The Morgan fingerprint density at radius 1 is 1.07 bits per heavy atom. The first-order chi connectivity index (χ1) is 13.2. The molecule has 0 aliphatic heterocycles. The molecule has 136 valence electrons. The molecule has 0 unspecified atom stereocenters. The smallest absolute Gasteiger partial charge is 0.343 e. The number of allylic oxidation sites excluding steroid dienone is 1. The zero-order valence-corrected chi connectivity index (χ0v) is 14.6. The van der Waals surface area contributed by atoms with Gasteiger partial charge in [-0.05, 0) is 48.0 Å². The highest BCUT2D eigenvalue weighted by atomic mass is 16.6. The van der Waals surface area contributed by atoms with Gasteiger partial charge in [0.15, 0.2) is 12.4 Å². The van der Waals surface area contributed by atoms with Crippen molar-refractivity contribution in [2.24, 2.45) is 0 Å². The van der Waals surface area contributed by atoms with Crippen LogP contribution >= 0.6 is 0 Å². The average Bonchev–Trinajstić information content (AvgIpc) is 3.26. The van der Waals surface area contributed by atoms with Gasteiger partial charge in [-0.2, -0.15) is 5.10 Å². The van der Waals surface area contributed by atoms with E-state index in [2.05, 4.69) is 14.8 Å². The second-order valence-corrected chi connectivity index (χ2v) is 5.52. The van der Waals surface area contributed by atoms with Gasteiger partial charge in [0.1, 0.15) is 18.4 Å². The monoisotopic (exact) mass is 363 g/mol. The van der Waals surface area contributed by atoms with Crippen LogP contribution < -0.4 is 4.74 Å². The molecule has 2 aromatic carbocycles. The summed E-state index contributed by atoms with van der Waals surface area (Å²) in [6.45, 7) is -0.172. The number of hydrogen-bond donors (Lipinski definition) is 0. The minimum atomic E-state index is -0.465. The molecule has 0 fully saturated rings. The fourth-order valence-electron chi connectivity index (χ4n) is 2.26. The average molecular weight is 363 g/mol. The molecule has 27 heavy (non-hydrogen) atoms. The van der Waals surface area contributed by atoms with E-state index in [1.165, 1.54) is 19.5 Å². The van der Waals surface area contributed by atoms with Gasteiger partial charge < -0.3 is 9.47 Å². The molecule has 0 radical (unpaired) electrons. The van der Waals surface area contributed by atoms with Gasteiger partial charge in [0.2, 0.25) is 0 Å². The summed E-state index contributed by atoms with van der Waals surface area (Å²) in [6, 6.07) is 14.1. The van der Waals surface area contributed by atoms with Crippen LogP contribution in [-0.2, 0) is 9.53 Å². The quantitative estimate of drug-likeness (QED) is 0.365. The summed E-state index contributed by atoms with van der Waals surface area (Å²) in [5.74, 6) is -0.104. The zero-order valence-electron chi connectivity index (χ0n) is 14.6. The molecule has 0 aliphatic carbocycles. The molecular weight excluding hydrogens is 346 g/mol. The molecule has 0 atom stereocenters. The number of benzene rings is 2. The molecule has 1 aromatic heterocycles. The Hall–Kier alpha value is -3.74. The highest BCUT2D eigenvalue weighted by Gasteiger charge is 2.05. The molecule has 7 nitrogen and oxygen atoms in total. The Morgan fingerprint density at radius 3 is 2.44 bits per heavy atom. The van der Waals surface area contributed by atoms with Crippen molar-refractivity contribution in [3.05, 3.63) is 78.4 Å². The van der Waals surface area contributed by atoms with Crippen molar-refractivity contribution in [1.82, 2.24) is 14.8 Å². The van der Waals surface area contributed by atoms with E-state index < -0.39 is 5.97 Å². The van der Waals surface area contributed by atoms with Crippen molar-refractivity contribution in [3.8, 4) is 11.4 Å². The predicted octanol–water partition coefficient (Wildman–Crippen LogP) is 2.72. The highest BCUT2D eigenvalue weighted by Crippen LogP contribution is 2.14. The maximum absolute atomic E-state index is 12.3. The van der Waals surface area contributed by atoms with Gasteiger partial charge in [-0.3, -0.25) is 4.79 Å². The van der Waals surface area contributed by atoms with Gasteiger partial charge in [-0.25, -0.2) is 14.5 Å². The van der Waals surface area contributed by atoms with Gasteiger partial charge in [-0.15, -0.1) is 0 Å². The number of esters is 1. The summed E-state index contributed by atoms with van der Waals surface area (Å²) in [4.78, 5) is 27.2. The molecule has 7 heteroatoms. The van der Waals surface area contributed by atoms with Crippen LogP contribution in [0.4, 0.5) is 0 Å². The molecule has 0 aliphatic rings. The van der Waals surface area contributed by atoms with E-state index in [-0.39, 0.29) is 12.4 Å². The maximum Gasteiger partial charge on any atom is 0.343 e. The second kappa shape index (κ2) is 8.57. The van der Waals surface area contributed by atoms with E-state index in [4.69, 9.17) is 4.74 Å². The normalized spacial score (nSPS) is 10.7. The summed E-state index contributed by atoms with van der Waals surface area (Å²) < 4.78 is 11.4. The summed E-state index contributed by atoms with van der Waals surface area (Å²) in [5, 5.41) is 4.06. The van der Waals surface area contributed by atoms with E-state index in [9.17, 15) is 9.59 Å². The number of ether oxygens (including phenoxy) is 2. The number of carbonyl (C=O) groups excluding carboxylic acids is 2. The number of hydrogen-bond acceptors (Lipinski definition) is 6. The first-order valence-electron chi connectivity index (χ1n) is 8.13. The zero-order chi connectivity index (χ0) is 19.1. The minimum Gasteiger partial charge on any atom is -0.482 e. The van der Waals surface area contributed by atoms with Crippen LogP contribution in [0.3, 0.4) is 0 Å². The Morgan fingerprint density at radius 2 is 1.81 bits per heavy atom. The predicted molar refractivity (Wildman–Crippen MR) is 98.7 cm³/mol. The Bertz CT molecular complexity index is 930. The Labute approximate surface area is 155 Å². The molecule has 0 bridgehead atoms. The van der Waals surface area contributed by atoms with E-state index in [0.717, 1.165) is 11.3 Å². The lowest BCUT2D eigenvalue weighted by Crippen LogP contribution is -2.12. The van der Waals surface area contributed by atoms with E-state index >= 15 is 0 Å². The van der Waals surface area contributed by atoms with Crippen LogP contribution in [0.25, 0.3) is 11.8 Å². The van der Waals surface area contributed by atoms with E-state index in [1.54, 1.807) is 41.4 Å². The third kappa shape index (κ3) is 4.88. The van der Waals surface area contributed by atoms with Crippen LogP contribution in [0.15, 0.2) is 67.3 Å². The van der Waals surface area contributed by atoms with Crippen LogP contribution in [0, 0.1) is 0 Å². The molecule has 0 N–H and O–H groups in total. The molecular formula is C20H17N3O4.